The monoisotopic (exact) mass is 355 g/mol. The van der Waals surface area contributed by atoms with Crippen molar-refractivity contribution >= 4 is 17.8 Å². The maximum Gasteiger partial charge on any atom is 0.324 e. The molecule has 0 aliphatic carbocycles. The molecule has 1 aromatic carbocycles. The number of carbonyl (C=O) groups excluding carboxylic acids is 3. The third-order valence-electron chi connectivity index (χ3n) is 4.21. The van der Waals surface area contributed by atoms with Crippen LogP contribution in [0.1, 0.15) is 27.3 Å². The smallest absolute Gasteiger partial charge is 0.324 e. The van der Waals surface area contributed by atoms with Crippen molar-refractivity contribution in [3.8, 4) is 0 Å². The average molecular weight is 355 g/mol. The van der Waals surface area contributed by atoms with Crippen molar-refractivity contribution in [2.75, 3.05) is 19.6 Å². The van der Waals surface area contributed by atoms with Crippen LogP contribution in [0.3, 0.4) is 0 Å². The predicted molar refractivity (Wildman–Crippen MR) is 94.7 cm³/mol. The molecule has 0 bridgehead atoms. The Balaban J connectivity index is 1.53. The molecule has 26 heavy (non-hydrogen) atoms. The Hall–Kier alpha value is -3.16. The van der Waals surface area contributed by atoms with E-state index < -0.39 is 6.03 Å². The van der Waals surface area contributed by atoms with Crippen LogP contribution in [0.25, 0.3) is 0 Å². The lowest BCUT2D eigenvalue weighted by molar-refractivity contribution is -0.124. The number of carbonyl (C=O) groups is 3. The van der Waals surface area contributed by atoms with E-state index in [1.54, 1.807) is 12.1 Å². The van der Waals surface area contributed by atoms with Gasteiger partial charge in [0, 0.05) is 24.3 Å². The fourth-order valence-electron chi connectivity index (χ4n) is 2.83. The van der Waals surface area contributed by atoms with Crippen LogP contribution in [0.5, 0.6) is 0 Å². The topological polar surface area (TPSA) is 96.3 Å². The number of nitrogens with zero attached hydrogens (tertiary/aromatic N) is 3. The number of nitrogens with one attached hydrogen (secondary N) is 2. The van der Waals surface area contributed by atoms with Crippen LogP contribution >= 0.6 is 0 Å². The molecule has 0 spiro atoms. The summed E-state index contributed by atoms with van der Waals surface area (Å²) in [6.07, 6.45) is 0. The molecule has 1 aliphatic rings. The minimum Gasteiger partial charge on any atom is -0.350 e. The summed E-state index contributed by atoms with van der Waals surface area (Å²) in [5.74, 6) is -0.521. The van der Waals surface area contributed by atoms with Crippen LogP contribution in [0.15, 0.2) is 30.3 Å². The first-order valence-corrected chi connectivity index (χ1v) is 8.40. The predicted octanol–water partition coefficient (Wildman–Crippen LogP) is 0.830. The van der Waals surface area contributed by atoms with E-state index in [1.807, 2.05) is 36.7 Å². The van der Waals surface area contributed by atoms with Crippen molar-refractivity contribution in [2.45, 2.75) is 20.4 Å². The lowest BCUT2D eigenvalue weighted by atomic mass is 10.1. The van der Waals surface area contributed by atoms with E-state index in [4.69, 9.17) is 0 Å². The van der Waals surface area contributed by atoms with Crippen LogP contribution < -0.4 is 10.6 Å². The van der Waals surface area contributed by atoms with Crippen LogP contribution in [-0.4, -0.2) is 52.2 Å². The minimum absolute atomic E-state index is 0.0174. The maximum absolute atomic E-state index is 12.2. The van der Waals surface area contributed by atoms with Crippen LogP contribution in [0, 0.1) is 13.8 Å². The van der Waals surface area contributed by atoms with Gasteiger partial charge in [0.25, 0.3) is 5.91 Å². The molecule has 136 valence electrons. The van der Waals surface area contributed by atoms with E-state index in [0.717, 1.165) is 21.9 Å². The van der Waals surface area contributed by atoms with E-state index >= 15 is 0 Å². The Labute approximate surface area is 151 Å². The highest BCUT2D eigenvalue weighted by atomic mass is 16.2. The molecule has 0 radical (unpaired) electrons. The van der Waals surface area contributed by atoms with Gasteiger partial charge in [0.05, 0.1) is 18.8 Å². The zero-order valence-corrected chi connectivity index (χ0v) is 14.8. The normalized spacial score (nSPS) is 13.8. The van der Waals surface area contributed by atoms with Gasteiger partial charge >= 0.3 is 6.03 Å². The van der Waals surface area contributed by atoms with Gasteiger partial charge in [-0.3, -0.25) is 19.2 Å². The lowest BCUT2D eigenvalue weighted by Crippen LogP contribution is -2.38. The van der Waals surface area contributed by atoms with Gasteiger partial charge < -0.3 is 10.6 Å². The van der Waals surface area contributed by atoms with E-state index in [-0.39, 0.29) is 31.4 Å². The first-order chi connectivity index (χ1) is 12.4. The first-order valence-electron chi connectivity index (χ1n) is 8.40. The molecule has 1 fully saturated rings. The summed E-state index contributed by atoms with van der Waals surface area (Å²) in [4.78, 5) is 36.2. The number of benzene rings is 1. The molecule has 0 atom stereocenters. The van der Waals surface area contributed by atoms with Crippen LogP contribution in [0.4, 0.5) is 4.79 Å². The number of imide groups is 1. The van der Waals surface area contributed by atoms with Gasteiger partial charge in [-0.2, -0.15) is 5.10 Å². The second-order valence-corrected chi connectivity index (χ2v) is 6.24. The van der Waals surface area contributed by atoms with Gasteiger partial charge in [0.15, 0.2) is 0 Å². The molecule has 4 amide bonds. The van der Waals surface area contributed by atoms with E-state index in [0.29, 0.717) is 12.1 Å². The highest BCUT2D eigenvalue weighted by Gasteiger charge is 2.27. The molecule has 0 unspecified atom stereocenters. The molecule has 1 aromatic heterocycles. The number of hydrogen-bond donors (Lipinski definition) is 2. The summed E-state index contributed by atoms with van der Waals surface area (Å²) in [7, 11) is 0. The minimum atomic E-state index is -0.419. The van der Waals surface area contributed by atoms with Crippen molar-refractivity contribution < 1.29 is 14.4 Å². The zero-order chi connectivity index (χ0) is 18.7. The molecule has 0 saturated carbocycles. The third-order valence-corrected chi connectivity index (χ3v) is 4.21. The summed E-state index contributed by atoms with van der Waals surface area (Å²) in [5, 5.41) is 9.58. The van der Waals surface area contributed by atoms with Gasteiger partial charge in [0.1, 0.15) is 0 Å². The molecule has 2 aromatic rings. The number of rotatable bonds is 6. The molecule has 2 N–H and O–H groups in total. The van der Waals surface area contributed by atoms with Crippen molar-refractivity contribution in [1.82, 2.24) is 25.3 Å². The van der Waals surface area contributed by atoms with E-state index in [9.17, 15) is 14.4 Å². The highest BCUT2D eigenvalue weighted by Crippen LogP contribution is 2.09. The Morgan fingerprint density at radius 3 is 2.54 bits per heavy atom. The molecule has 8 heteroatoms. The Kier molecular flexibility index (Phi) is 5.01. The summed E-state index contributed by atoms with van der Waals surface area (Å²) in [6.45, 7) is 5.00. The number of aromatic nitrogens is 2. The van der Waals surface area contributed by atoms with Crippen molar-refractivity contribution in [2.24, 2.45) is 0 Å². The Morgan fingerprint density at radius 1 is 1.23 bits per heavy atom. The van der Waals surface area contributed by atoms with E-state index in [1.165, 1.54) is 0 Å². The van der Waals surface area contributed by atoms with Crippen LogP contribution in [-0.2, 0) is 11.3 Å². The average Bonchev–Trinajstić information content (AvgIpc) is 3.10. The number of aryl methyl sites for hydroxylation is 2. The van der Waals surface area contributed by atoms with Crippen LogP contribution in [0.2, 0.25) is 0 Å². The second kappa shape index (κ2) is 7.38. The van der Waals surface area contributed by atoms with Crippen molar-refractivity contribution in [3.05, 3.63) is 52.8 Å². The number of hydrogen-bond acceptors (Lipinski definition) is 4. The summed E-state index contributed by atoms with van der Waals surface area (Å²) >= 11 is 0. The maximum atomic E-state index is 12.2. The largest absolute Gasteiger partial charge is 0.350 e. The molecule has 8 nitrogen and oxygen atoms in total. The van der Waals surface area contributed by atoms with Gasteiger partial charge in [-0.15, -0.1) is 0 Å². The highest BCUT2D eigenvalue weighted by molar-refractivity contribution is 6.02. The fourth-order valence-corrected chi connectivity index (χ4v) is 2.83. The summed E-state index contributed by atoms with van der Waals surface area (Å²) in [6, 6.07) is 8.89. The Bertz CT molecular complexity index is 825. The quantitative estimate of drug-likeness (QED) is 0.750. The summed E-state index contributed by atoms with van der Waals surface area (Å²) in [5.41, 5.74) is 3.64. The standard InChI is InChI=1S/C18H21N5O3/c1-12-9-13(2)23(21-12)11-14-3-5-15(6-4-14)17(25)19-7-8-22-16(24)10-20-18(22)26/h3-6,9H,7-8,10-11H2,1-2H3,(H,19,25)(H,20,26). The number of amides is 4. The van der Waals surface area contributed by atoms with Gasteiger partial charge in [0.2, 0.25) is 5.91 Å². The molecular formula is C18H21N5O3. The first kappa shape index (κ1) is 17.7. The lowest BCUT2D eigenvalue weighted by Gasteiger charge is -2.13. The van der Waals surface area contributed by atoms with Crippen molar-refractivity contribution in [3.63, 3.8) is 0 Å². The van der Waals surface area contributed by atoms with Gasteiger partial charge in [-0.1, -0.05) is 12.1 Å². The fraction of sp³-hybridized carbons (Fsp3) is 0.333. The molecular weight excluding hydrogens is 334 g/mol. The molecule has 1 aliphatic heterocycles. The van der Waals surface area contributed by atoms with E-state index in [2.05, 4.69) is 15.7 Å². The van der Waals surface area contributed by atoms with Gasteiger partial charge in [-0.25, -0.2) is 4.79 Å². The SMILES string of the molecule is Cc1cc(C)n(Cc2ccc(C(=O)NCCN3C(=O)CNC3=O)cc2)n1. The zero-order valence-electron chi connectivity index (χ0n) is 14.8. The van der Waals surface area contributed by atoms with Gasteiger partial charge in [-0.05, 0) is 37.6 Å². The molecule has 3 rings (SSSR count). The third kappa shape index (κ3) is 3.90. The molecule has 2 heterocycles. The van der Waals surface area contributed by atoms with Crippen molar-refractivity contribution in [1.29, 1.82) is 0 Å². The second-order valence-electron chi connectivity index (χ2n) is 6.24. The molecule has 1 saturated heterocycles. The summed E-state index contributed by atoms with van der Waals surface area (Å²) < 4.78 is 1.92. The Morgan fingerprint density at radius 2 is 1.96 bits per heavy atom. The number of urea groups is 1.